The number of benzene rings is 1. The second-order valence-corrected chi connectivity index (χ2v) is 9.90. The number of amides is 1. The average molecular weight is 432 g/mol. The number of piperidine rings is 1. The summed E-state index contributed by atoms with van der Waals surface area (Å²) < 4.78 is 70.9. The SMILES string of the molecule is O=C1N(CC2CC2)CCOC12CCN([S+](=O)([O-])c1ccc(C(F)(F)F)cc1)CC2. The van der Waals surface area contributed by atoms with E-state index in [4.69, 9.17) is 4.74 Å². The number of sulfonamides is 1. The van der Waals surface area contributed by atoms with Gasteiger partial charge in [0.1, 0.15) is 5.60 Å². The molecular weight excluding hydrogens is 409 g/mol. The predicted octanol–water partition coefficient (Wildman–Crippen LogP) is 2.71. The van der Waals surface area contributed by atoms with Crippen molar-refractivity contribution in [3.05, 3.63) is 29.8 Å². The number of morpholine rings is 1. The second kappa shape index (κ2) is 7.33. The molecule has 0 aromatic heterocycles. The molecule has 3 fully saturated rings. The van der Waals surface area contributed by atoms with Gasteiger partial charge >= 0.3 is 6.18 Å². The van der Waals surface area contributed by atoms with Crippen LogP contribution in [0.2, 0.25) is 0 Å². The number of carbonyl (C=O) groups excluding carboxylic acids is 1. The maximum atomic E-state index is 12.9. The van der Waals surface area contributed by atoms with Gasteiger partial charge in [0.25, 0.3) is 5.91 Å². The van der Waals surface area contributed by atoms with Crippen molar-refractivity contribution in [2.75, 3.05) is 32.8 Å². The van der Waals surface area contributed by atoms with Gasteiger partial charge in [-0.2, -0.15) is 13.2 Å². The van der Waals surface area contributed by atoms with E-state index in [2.05, 4.69) is 0 Å². The summed E-state index contributed by atoms with van der Waals surface area (Å²) in [4.78, 5) is 14.6. The van der Waals surface area contributed by atoms with Crippen molar-refractivity contribution in [1.82, 2.24) is 9.21 Å². The summed E-state index contributed by atoms with van der Waals surface area (Å²) in [7, 11) is -3.93. The van der Waals surface area contributed by atoms with Crippen LogP contribution < -0.4 is 0 Å². The van der Waals surface area contributed by atoms with Crippen molar-refractivity contribution in [2.24, 2.45) is 5.92 Å². The van der Waals surface area contributed by atoms with Gasteiger partial charge in [0.2, 0.25) is 0 Å². The van der Waals surface area contributed by atoms with Crippen LogP contribution >= 0.6 is 0 Å². The number of rotatable bonds is 4. The van der Waals surface area contributed by atoms with E-state index in [0.717, 1.165) is 43.7 Å². The van der Waals surface area contributed by atoms with Crippen LogP contribution in [0.15, 0.2) is 29.2 Å². The fraction of sp³-hybridized carbons (Fsp3) is 0.632. The van der Waals surface area contributed by atoms with Gasteiger partial charge in [-0.1, -0.05) is 4.21 Å². The molecule has 1 atom stereocenters. The van der Waals surface area contributed by atoms with Crippen LogP contribution in [-0.4, -0.2) is 58.1 Å². The Morgan fingerprint density at radius 2 is 1.76 bits per heavy atom. The van der Waals surface area contributed by atoms with E-state index in [9.17, 15) is 26.7 Å². The zero-order valence-electron chi connectivity index (χ0n) is 15.8. The highest BCUT2D eigenvalue weighted by molar-refractivity contribution is 7.95. The standard InChI is InChI=1S/C19H23F3N2O4S/c20-19(21,22)15-3-5-16(6-4-15)29(26,27)24-9-7-18(8-10-24)17(25)23(11-12-28-18)13-14-1-2-14/h3-6,14H,1-2,7-13H2. The van der Waals surface area contributed by atoms with Crippen LogP contribution in [0.5, 0.6) is 0 Å². The topological polar surface area (TPSA) is 72.9 Å². The maximum absolute atomic E-state index is 12.9. The first-order valence-corrected chi connectivity index (χ1v) is 11.2. The Kier molecular flexibility index (Phi) is 5.25. The molecule has 1 unspecified atom stereocenters. The summed E-state index contributed by atoms with van der Waals surface area (Å²) in [5, 5.41) is 0. The van der Waals surface area contributed by atoms with Gasteiger partial charge in [0, 0.05) is 39.0 Å². The minimum absolute atomic E-state index is 0.0674. The Labute approximate surface area is 168 Å². The lowest BCUT2D eigenvalue weighted by Gasteiger charge is -2.45. The Hall–Kier alpha value is -1.49. The summed E-state index contributed by atoms with van der Waals surface area (Å²) in [5.74, 6) is 0.497. The van der Waals surface area contributed by atoms with Gasteiger partial charge < -0.3 is 14.2 Å². The van der Waals surface area contributed by atoms with Crippen LogP contribution in [0, 0.1) is 5.92 Å². The van der Waals surface area contributed by atoms with E-state index < -0.39 is 27.7 Å². The maximum Gasteiger partial charge on any atom is 0.416 e. The van der Waals surface area contributed by atoms with Gasteiger partial charge in [-0.3, -0.25) is 4.79 Å². The Balaban J connectivity index is 1.44. The Morgan fingerprint density at radius 3 is 2.31 bits per heavy atom. The van der Waals surface area contributed by atoms with Crippen LogP contribution in [0.3, 0.4) is 0 Å². The molecule has 0 N–H and O–H groups in total. The third kappa shape index (κ3) is 4.08. The zero-order chi connectivity index (χ0) is 20.9. The molecule has 160 valence electrons. The number of nitrogens with zero attached hydrogens (tertiary/aromatic N) is 2. The molecule has 0 bridgehead atoms. The second-order valence-electron chi connectivity index (χ2n) is 7.96. The Morgan fingerprint density at radius 1 is 1.14 bits per heavy atom. The molecule has 2 heterocycles. The molecule has 1 amide bonds. The van der Waals surface area contributed by atoms with Gasteiger partial charge in [-0.15, -0.1) is 4.31 Å². The number of hydrogen-bond donors (Lipinski definition) is 0. The summed E-state index contributed by atoms with van der Waals surface area (Å²) in [6.07, 6.45) is -1.77. The van der Waals surface area contributed by atoms with Crippen LogP contribution in [-0.2, 0) is 30.3 Å². The van der Waals surface area contributed by atoms with E-state index in [0.29, 0.717) is 19.1 Å². The number of alkyl halides is 3. The highest BCUT2D eigenvalue weighted by Gasteiger charge is 2.50. The highest BCUT2D eigenvalue weighted by atomic mass is 32.3. The van der Waals surface area contributed by atoms with E-state index in [1.165, 1.54) is 4.31 Å². The van der Waals surface area contributed by atoms with E-state index in [-0.39, 0.29) is 36.7 Å². The lowest BCUT2D eigenvalue weighted by atomic mass is 9.89. The third-order valence-corrected chi connectivity index (χ3v) is 7.85. The highest BCUT2D eigenvalue weighted by Crippen LogP contribution is 2.37. The molecular formula is C19H23F3N2O4S. The van der Waals surface area contributed by atoms with E-state index in [1.54, 1.807) is 0 Å². The molecule has 1 aliphatic carbocycles. The smallest absolute Gasteiger partial charge is 0.416 e. The van der Waals surface area contributed by atoms with Crippen molar-refractivity contribution in [1.29, 1.82) is 0 Å². The van der Waals surface area contributed by atoms with Crippen molar-refractivity contribution in [2.45, 2.75) is 42.4 Å². The lowest BCUT2D eigenvalue weighted by Crippen LogP contribution is -2.61. The summed E-state index contributed by atoms with van der Waals surface area (Å²) in [6, 6.07) is 3.48. The molecule has 1 spiro atoms. The lowest BCUT2D eigenvalue weighted by molar-refractivity contribution is -0.178. The molecule has 29 heavy (non-hydrogen) atoms. The minimum atomic E-state index is -4.52. The predicted molar refractivity (Wildman–Crippen MR) is 97.3 cm³/mol. The first-order valence-electron chi connectivity index (χ1n) is 9.73. The van der Waals surface area contributed by atoms with Crippen LogP contribution in [0.25, 0.3) is 0 Å². The first-order chi connectivity index (χ1) is 13.6. The van der Waals surface area contributed by atoms with Gasteiger partial charge in [-0.25, -0.2) is 0 Å². The van der Waals surface area contributed by atoms with Gasteiger partial charge in [0.15, 0.2) is 15.3 Å². The fourth-order valence-corrected chi connectivity index (χ4v) is 5.44. The molecule has 2 aliphatic heterocycles. The molecule has 3 aliphatic rings. The molecule has 10 heteroatoms. The van der Waals surface area contributed by atoms with Gasteiger partial charge in [-0.05, 0) is 43.0 Å². The normalized spacial score (nSPS) is 25.2. The summed E-state index contributed by atoms with van der Waals surface area (Å²) in [6.45, 7) is 1.91. The number of carbonyl (C=O) groups is 1. The fourth-order valence-electron chi connectivity index (χ4n) is 4.00. The van der Waals surface area contributed by atoms with E-state index >= 15 is 0 Å². The average Bonchev–Trinajstić information content (AvgIpc) is 3.50. The molecule has 6 nitrogen and oxygen atoms in total. The molecule has 0 radical (unpaired) electrons. The molecule has 1 aromatic carbocycles. The number of hydrogen-bond acceptors (Lipinski definition) is 4. The largest absolute Gasteiger partial charge is 0.593 e. The third-order valence-electron chi connectivity index (χ3n) is 5.94. The summed E-state index contributed by atoms with van der Waals surface area (Å²) >= 11 is 0. The zero-order valence-corrected chi connectivity index (χ0v) is 16.6. The summed E-state index contributed by atoms with van der Waals surface area (Å²) in [5.41, 5.74) is -1.88. The molecule has 1 aromatic rings. The number of ether oxygens (including phenoxy) is 1. The molecule has 1 saturated carbocycles. The Bertz CT molecular complexity index is 818. The van der Waals surface area contributed by atoms with Crippen LogP contribution in [0.1, 0.15) is 31.2 Å². The molecule has 4 rings (SSSR count). The number of halogens is 3. The quantitative estimate of drug-likeness (QED) is 0.686. The first kappa shape index (κ1) is 20.8. The van der Waals surface area contributed by atoms with Crippen molar-refractivity contribution in [3.63, 3.8) is 0 Å². The van der Waals surface area contributed by atoms with Crippen molar-refractivity contribution in [3.8, 4) is 0 Å². The van der Waals surface area contributed by atoms with Crippen molar-refractivity contribution < 1.29 is 31.5 Å². The van der Waals surface area contributed by atoms with E-state index in [1.807, 2.05) is 4.90 Å². The molecule has 2 saturated heterocycles. The minimum Gasteiger partial charge on any atom is -0.593 e. The monoisotopic (exact) mass is 432 g/mol. The van der Waals surface area contributed by atoms with Gasteiger partial charge in [0.05, 0.1) is 12.2 Å². The van der Waals surface area contributed by atoms with Crippen molar-refractivity contribution >= 4 is 16.3 Å². The van der Waals surface area contributed by atoms with Crippen LogP contribution in [0.4, 0.5) is 13.2 Å².